The SMILES string of the molecule is CC/C=C\C/C=C\C/C=C\C/C=C\CCCCC(=O)OC(COC(=O)CCCCCCC/C=C\CCC)COC(=O)CCCCCCCCCCC/C=C\C/C=C\CCCCC. The third-order valence-corrected chi connectivity index (χ3v) is 10.6. The van der Waals surface area contributed by atoms with Crippen LogP contribution in [0.2, 0.25) is 0 Å². The molecule has 0 saturated heterocycles. The highest BCUT2D eigenvalue weighted by molar-refractivity contribution is 5.71. The van der Waals surface area contributed by atoms with E-state index in [-0.39, 0.29) is 37.5 Å². The summed E-state index contributed by atoms with van der Waals surface area (Å²) in [5.41, 5.74) is 0. The van der Waals surface area contributed by atoms with Gasteiger partial charge in [0.05, 0.1) is 0 Å². The van der Waals surface area contributed by atoms with Crippen molar-refractivity contribution in [2.45, 2.75) is 239 Å². The predicted molar refractivity (Wildman–Crippen MR) is 265 cm³/mol. The molecule has 0 aliphatic heterocycles. The molecule has 0 N–H and O–H groups in total. The van der Waals surface area contributed by atoms with Crippen LogP contribution in [0.4, 0.5) is 0 Å². The molecule has 0 spiro atoms. The zero-order valence-corrected chi connectivity index (χ0v) is 40.4. The Bertz CT molecular complexity index is 1220. The maximum absolute atomic E-state index is 12.8. The first-order valence-electron chi connectivity index (χ1n) is 25.6. The molecule has 0 saturated carbocycles. The molecule has 0 fully saturated rings. The number of rotatable bonds is 45. The second-order valence-electron chi connectivity index (χ2n) is 16.7. The molecular weight excluding hydrogens is 769 g/mol. The topological polar surface area (TPSA) is 78.9 Å². The van der Waals surface area contributed by atoms with Crippen LogP contribution < -0.4 is 0 Å². The number of hydrogen-bond donors (Lipinski definition) is 0. The fourth-order valence-electron chi connectivity index (χ4n) is 6.76. The molecule has 62 heavy (non-hydrogen) atoms. The number of esters is 3. The first kappa shape index (κ1) is 58.6. The predicted octanol–water partition coefficient (Wildman–Crippen LogP) is 16.8. The lowest BCUT2D eigenvalue weighted by Gasteiger charge is -2.18. The van der Waals surface area contributed by atoms with Crippen molar-refractivity contribution < 1.29 is 28.6 Å². The molecule has 0 aliphatic rings. The molecule has 6 heteroatoms. The van der Waals surface area contributed by atoms with Crippen LogP contribution in [-0.4, -0.2) is 37.2 Å². The van der Waals surface area contributed by atoms with E-state index in [9.17, 15) is 14.4 Å². The average Bonchev–Trinajstić information content (AvgIpc) is 3.27. The van der Waals surface area contributed by atoms with Crippen LogP contribution in [0.3, 0.4) is 0 Å². The van der Waals surface area contributed by atoms with Crippen LogP contribution in [0.15, 0.2) is 85.1 Å². The molecule has 0 aromatic carbocycles. The maximum Gasteiger partial charge on any atom is 0.306 e. The van der Waals surface area contributed by atoms with Crippen molar-refractivity contribution >= 4 is 17.9 Å². The van der Waals surface area contributed by atoms with Gasteiger partial charge in [0.1, 0.15) is 13.2 Å². The Morgan fingerprint density at radius 1 is 0.339 bits per heavy atom. The minimum absolute atomic E-state index is 0.0987. The van der Waals surface area contributed by atoms with Gasteiger partial charge in [0, 0.05) is 19.3 Å². The van der Waals surface area contributed by atoms with E-state index in [1.807, 2.05) is 0 Å². The summed E-state index contributed by atoms with van der Waals surface area (Å²) in [4.78, 5) is 37.9. The van der Waals surface area contributed by atoms with E-state index >= 15 is 0 Å². The van der Waals surface area contributed by atoms with Crippen LogP contribution in [0.25, 0.3) is 0 Å². The maximum atomic E-state index is 12.8. The largest absolute Gasteiger partial charge is 0.462 e. The summed E-state index contributed by atoms with van der Waals surface area (Å²) in [6.07, 6.45) is 64.3. The fraction of sp³-hybridized carbons (Fsp3) is 0.696. The van der Waals surface area contributed by atoms with E-state index in [1.165, 1.54) is 83.5 Å². The second-order valence-corrected chi connectivity index (χ2v) is 16.7. The number of allylic oxidation sites excluding steroid dienone is 14. The number of ether oxygens (including phenoxy) is 3. The quantitative estimate of drug-likeness (QED) is 0.0263. The van der Waals surface area contributed by atoms with E-state index in [1.54, 1.807) is 0 Å². The average molecular weight is 863 g/mol. The number of unbranched alkanes of at least 4 members (excludes halogenated alkanes) is 20. The number of hydrogen-bond acceptors (Lipinski definition) is 6. The van der Waals surface area contributed by atoms with Crippen molar-refractivity contribution in [3.63, 3.8) is 0 Å². The van der Waals surface area contributed by atoms with Crippen molar-refractivity contribution in [2.75, 3.05) is 13.2 Å². The molecule has 354 valence electrons. The molecule has 6 nitrogen and oxygen atoms in total. The lowest BCUT2D eigenvalue weighted by molar-refractivity contribution is -0.167. The van der Waals surface area contributed by atoms with Crippen LogP contribution in [0.1, 0.15) is 233 Å². The summed E-state index contributed by atoms with van der Waals surface area (Å²) < 4.78 is 16.7. The van der Waals surface area contributed by atoms with E-state index in [2.05, 4.69) is 106 Å². The minimum atomic E-state index is -0.802. The van der Waals surface area contributed by atoms with Gasteiger partial charge in [-0.3, -0.25) is 14.4 Å². The van der Waals surface area contributed by atoms with Crippen LogP contribution >= 0.6 is 0 Å². The first-order chi connectivity index (χ1) is 30.5. The van der Waals surface area contributed by atoms with Gasteiger partial charge in [-0.25, -0.2) is 0 Å². The second kappa shape index (κ2) is 50.2. The van der Waals surface area contributed by atoms with Crippen LogP contribution in [0, 0.1) is 0 Å². The van der Waals surface area contributed by atoms with Gasteiger partial charge >= 0.3 is 17.9 Å². The molecule has 1 atom stereocenters. The van der Waals surface area contributed by atoms with Crippen molar-refractivity contribution in [3.05, 3.63) is 85.1 Å². The Kier molecular flexibility index (Phi) is 47.5. The van der Waals surface area contributed by atoms with Crippen molar-refractivity contribution in [2.24, 2.45) is 0 Å². The highest BCUT2D eigenvalue weighted by atomic mass is 16.6. The Balaban J connectivity index is 4.40. The first-order valence-corrected chi connectivity index (χ1v) is 25.6. The molecule has 0 aromatic rings. The van der Waals surface area contributed by atoms with Crippen LogP contribution in [-0.2, 0) is 28.6 Å². The minimum Gasteiger partial charge on any atom is -0.462 e. The summed E-state index contributed by atoms with van der Waals surface area (Å²) in [6.45, 7) is 6.38. The lowest BCUT2D eigenvalue weighted by Crippen LogP contribution is -2.30. The number of carbonyl (C=O) groups excluding carboxylic acids is 3. The van der Waals surface area contributed by atoms with Gasteiger partial charge in [-0.15, -0.1) is 0 Å². The van der Waals surface area contributed by atoms with Gasteiger partial charge in [-0.05, 0) is 109 Å². The van der Waals surface area contributed by atoms with Gasteiger partial charge < -0.3 is 14.2 Å². The van der Waals surface area contributed by atoms with Gasteiger partial charge in [0.2, 0.25) is 0 Å². The van der Waals surface area contributed by atoms with Gasteiger partial charge in [0.25, 0.3) is 0 Å². The van der Waals surface area contributed by atoms with Crippen LogP contribution in [0.5, 0.6) is 0 Å². The third-order valence-electron chi connectivity index (χ3n) is 10.6. The van der Waals surface area contributed by atoms with E-state index in [0.717, 1.165) is 103 Å². The molecule has 0 heterocycles. The number of carbonyl (C=O) groups is 3. The molecule has 1 unspecified atom stereocenters. The summed E-state index contributed by atoms with van der Waals surface area (Å²) in [5, 5.41) is 0. The normalized spacial score (nSPS) is 12.8. The summed E-state index contributed by atoms with van der Waals surface area (Å²) in [6, 6.07) is 0. The van der Waals surface area contributed by atoms with E-state index < -0.39 is 6.10 Å². The summed E-state index contributed by atoms with van der Waals surface area (Å²) in [7, 11) is 0. The molecular formula is C56H94O6. The fourth-order valence-corrected chi connectivity index (χ4v) is 6.76. The lowest BCUT2D eigenvalue weighted by atomic mass is 10.1. The zero-order valence-electron chi connectivity index (χ0n) is 40.4. The van der Waals surface area contributed by atoms with Crippen molar-refractivity contribution in [1.29, 1.82) is 0 Å². The highest BCUT2D eigenvalue weighted by Gasteiger charge is 2.19. The molecule has 0 bridgehead atoms. The Morgan fingerprint density at radius 3 is 1.10 bits per heavy atom. The van der Waals surface area contributed by atoms with Crippen molar-refractivity contribution in [1.82, 2.24) is 0 Å². The molecule has 0 amide bonds. The molecule has 0 rings (SSSR count). The van der Waals surface area contributed by atoms with Gasteiger partial charge in [0.15, 0.2) is 6.10 Å². The smallest absolute Gasteiger partial charge is 0.306 e. The monoisotopic (exact) mass is 863 g/mol. The van der Waals surface area contributed by atoms with E-state index in [4.69, 9.17) is 14.2 Å². The Morgan fingerprint density at radius 2 is 0.661 bits per heavy atom. The Labute approximate surface area is 382 Å². The Hall–Kier alpha value is -3.41. The van der Waals surface area contributed by atoms with E-state index in [0.29, 0.717) is 19.3 Å². The standard InChI is InChI=1S/C56H94O6/c1-4-7-10-13-16-19-22-24-26-27-28-29-31-32-34-37-40-43-46-49-55(58)61-52-53(51-60-54(57)48-45-42-39-36-21-18-15-12-9-6-3)62-56(59)50-47-44-41-38-35-33-30-25-23-20-17-14-11-8-5-2/h8,11-12,15-17,19-20,24-26,30,35,38,53H,4-7,9-10,13-14,18,21-23,27-29,31-34,36-37,39-52H2,1-3H3/b11-8-,15-12-,19-16-,20-17-,26-24-,30-25-,38-35-. The summed E-state index contributed by atoms with van der Waals surface area (Å²) in [5.74, 6) is -0.958. The van der Waals surface area contributed by atoms with Gasteiger partial charge in [-0.2, -0.15) is 0 Å². The molecule has 0 aromatic heterocycles. The molecule has 0 aliphatic carbocycles. The summed E-state index contributed by atoms with van der Waals surface area (Å²) >= 11 is 0. The van der Waals surface area contributed by atoms with Gasteiger partial charge in [-0.1, -0.05) is 189 Å². The molecule has 0 radical (unpaired) electrons. The highest BCUT2D eigenvalue weighted by Crippen LogP contribution is 2.14. The van der Waals surface area contributed by atoms with Crippen molar-refractivity contribution in [3.8, 4) is 0 Å². The zero-order chi connectivity index (χ0) is 45.1. The third kappa shape index (κ3) is 47.6.